The summed E-state index contributed by atoms with van der Waals surface area (Å²) in [6.45, 7) is 5.42. The number of ether oxygens (including phenoxy) is 2. The standard InChI is InChI=1S/C19H22N2O6/c1-4-26-18(24)12-6-8-13(9-7-12)21-15(22)10-14-16(19(25)27-5-2)11(3)20-17(14)23/h6-9,14H,4-5,10H2,1-3H3,(H,20,23)(H,21,22). The normalized spacial score (nSPS) is 16.0. The van der Waals surface area contributed by atoms with E-state index in [-0.39, 0.29) is 25.2 Å². The van der Waals surface area contributed by atoms with Crippen molar-refractivity contribution < 1.29 is 28.7 Å². The number of carbonyl (C=O) groups is 4. The largest absolute Gasteiger partial charge is 0.463 e. The van der Waals surface area contributed by atoms with Gasteiger partial charge in [-0.1, -0.05) is 0 Å². The van der Waals surface area contributed by atoms with E-state index >= 15 is 0 Å². The van der Waals surface area contributed by atoms with Gasteiger partial charge in [0.15, 0.2) is 0 Å². The lowest BCUT2D eigenvalue weighted by atomic mass is 9.96. The smallest absolute Gasteiger partial charge is 0.338 e. The van der Waals surface area contributed by atoms with Gasteiger partial charge in [0.2, 0.25) is 11.8 Å². The number of hydrogen-bond donors (Lipinski definition) is 2. The SMILES string of the molecule is CCOC(=O)C1=C(C)NC(=O)C1CC(=O)Nc1ccc(C(=O)OCC)cc1. The van der Waals surface area contributed by atoms with Crippen LogP contribution in [0.2, 0.25) is 0 Å². The molecular formula is C19H22N2O6. The van der Waals surface area contributed by atoms with Gasteiger partial charge in [-0.25, -0.2) is 9.59 Å². The molecule has 0 saturated carbocycles. The number of allylic oxidation sites excluding steroid dienone is 1. The molecular weight excluding hydrogens is 352 g/mol. The summed E-state index contributed by atoms with van der Waals surface area (Å²) in [6, 6.07) is 6.19. The minimum absolute atomic E-state index is 0.176. The Morgan fingerprint density at radius 1 is 1.04 bits per heavy atom. The molecule has 0 bridgehead atoms. The molecule has 8 nitrogen and oxygen atoms in total. The number of rotatable bonds is 7. The molecule has 1 unspecified atom stereocenters. The van der Waals surface area contributed by atoms with E-state index in [0.29, 0.717) is 16.9 Å². The van der Waals surface area contributed by atoms with Gasteiger partial charge in [0.05, 0.1) is 30.3 Å². The van der Waals surface area contributed by atoms with Crippen molar-refractivity contribution in [2.45, 2.75) is 27.2 Å². The minimum atomic E-state index is -0.900. The van der Waals surface area contributed by atoms with Gasteiger partial charge in [-0.05, 0) is 45.0 Å². The van der Waals surface area contributed by atoms with Gasteiger partial charge < -0.3 is 20.1 Å². The molecule has 1 aliphatic rings. The molecule has 2 amide bonds. The molecule has 0 fully saturated rings. The Morgan fingerprint density at radius 2 is 1.63 bits per heavy atom. The highest BCUT2D eigenvalue weighted by Crippen LogP contribution is 2.26. The van der Waals surface area contributed by atoms with Gasteiger partial charge in [0.25, 0.3) is 0 Å². The molecule has 1 aromatic carbocycles. The van der Waals surface area contributed by atoms with E-state index in [4.69, 9.17) is 9.47 Å². The molecule has 2 rings (SSSR count). The van der Waals surface area contributed by atoms with Crippen LogP contribution in [0.15, 0.2) is 35.5 Å². The number of benzene rings is 1. The molecule has 0 saturated heterocycles. The number of esters is 2. The summed E-state index contributed by atoms with van der Waals surface area (Å²) in [6.07, 6.45) is -0.197. The van der Waals surface area contributed by atoms with Gasteiger partial charge in [0, 0.05) is 17.8 Å². The fourth-order valence-corrected chi connectivity index (χ4v) is 2.73. The highest BCUT2D eigenvalue weighted by molar-refractivity contribution is 6.05. The van der Waals surface area contributed by atoms with Gasteiger partial charge in [0.1, 0.15) is 0 Å². The van der Waals surface area contributed by atoms with E-state index in [1.54, 1.807) is 32.9 Å². The van der Waals surface area contributed by atoms with Gasteiger partial charge in [-0.3, -0.25) is 9.59 Å². The number of nitrogens with one attached hydrogen (secondary N) is 2. The van der Waals surface area contributed by atoms with Gasteiger partial charge in [-0.2, -0.15) is 0 Å². The van der Waals surface area contributed by atoms with Crippen LogP contribution in [-0.4, -0.2) is 37.0 Å². The zero-order valence-corrected chi connectivity index (χ0v) is 15.5. The molecule has 0 aromatic heterocycles. The molecule has 2 N–H and O–H groups in total. The van der Waals surface area contributed by atoms with E-state index in [0.717, 1.165) is 0 Å². The Bertz CT molecular complexity index is 782. The van der Waals surface area contributed by atoms with Crippen molar-refractivity contribution in [1.82, 2.24) is 5.32 Å². The Hall–Kier alpha value is -3.16. The number of carbonyl (C=O) groups excluding carboxylic acids is 4. The first-order chi connectivity index (χ1) is 12.9. The average molecular weight is 374 g/mol. The maximum atomic E-state index is 12.3. The maximum absolute atomic E-state index is 12.3. The van der Waals surface area contributed by atoms with Crippen molar-refractivity contribution in [2.75, 3.05) is 18.5 Å². The number of anilines is 1. The number of hydrogen-bond acceptors (Lipinski definition) is 6. The summed E-state index contributed by atoms with van der Waals surface area (Å²) in [7, 11) is 0. The lowest BCUT2D eigenvalue weighted by molar-refractivity contribution is -0.140. The molecule has 1 aliphatic heterocycles. The van der Waals surface area contributed by atoms with Crippen LogP contribution in [0.4, 0.5) is 5.69 Å². The monoisotopic (exact) mass is 374 g/mol. The summed E-state index contributed by atoms with van der Waals surface area (Å²) < 4.78 is 9.86. The van der Waals surface area contributed by atoms with Crippen LogP contribution in [-0.2, 0) is 23.9 Å². The first-order valence-electron chi connectivity index (χ1n) is 8.63. The second-order valence-corrected chi connectivity index (χ2v) is 5.85. The summed E-state index contributed by atoms with van der Waals surface area (Å²) in [5.74, 6) is -2.80. The molecule has 1 heterocycles. The van der Waals surface area contributed by atoms with Crippen molar-refractivity contribution in [1.29, 1.82) is 0 Å². The van der Waals surface area contributed by atoms with E-state index in [1.807, 2.05) is 0 Å². The van der Waals surface area contributed by atoms with Gasteiger partial charge >= 0.3 is 11.9 Å². The van der Waals surface area contributed by atoms with Crippen LogP contribution in [0.1, 0.15) is 37.6 Å². The molecule has 27 heavy (non-hydrogen) atoms. The van der Waals surface area contributed by atoms with Crippen LogP contribution in [0.5, 0.6) is 0 Å². The van der Waals surface area contributed by atoms with E-state index < -0.39 is 29.7 Å². The molecule has 8 heteroatoms. The van der Waals surface area contributed by atoms with Crippen molar-refractivity contribution in [3.8, 4) is 0 Å². The second kappa shape index (κ2) is 8.98. The Balaban J connectivity index is 2.03. The Labute approximate surface area is 156 Å². The summed E-state index contributed by atoms with van der Waals surface area (Å²) >= 11 is 0. The molecule has 144 valence electrons. The Kier molecular flexibility index (Phi) is 6.70. The van der Waals surface area contributed by atoms with Crippen molar-refractivity contribution in [3.63, 3.8) is 0 Å². The fourth-order valence-electron chi connectivity index (χ4n) is 2.73. The predicted molar refractivity (Wildman–Crippen MR) is 96.6 cm³/mol. The maximum Gasteiger partial charge on any atom is 0.338 e. The highest BCUT2D eigenvalue weighted by Gasteiger charge is 2.37. The topological polar surface area (TPSA) is 111 Å². The Morgan fingerprint density at radius 3 is 2.22 bits per heavy atom. The van der Waals surface area contributed by atoms with Crippen LogP contribution in [0.3, 0.4) is 0 Å². The zero-order chi connectivity index (χ0) is 20.0. The van der Waals surface area contributed by atoms with E-state index in [9.17, 15) is 19.2 Å². The third-order valence-corrected chi connectivity index (χ3v) is 3.94. The van der Waals surface area contributed by atoms with E-state index in [2.05, 4.69) is 10.6 Å². The zero-order valence-electron chi connectivity index (χ0n) is 15.5. The summed E-state index contributed by atoms with van der Waals surface area (Å²) in [4.78, 5) is 48.1. The molecule has 1 atom stereocenters. The van der Waals surface area contributed by atoms with Crippen LogP contribution in [0.25, 0.3) is 0 Å². The first-order valence-corrected chi connectivity index (χ1v) is 8.63. The summed E-state index contributed by atoms with van der Waals surface area (Å²) in [5, 5.41) is 5.21. The fraction of sp³-hybridized carbons (Fsp3) is 0.368. The van der Waals surface area contributed by atoms with E-state index in [1.165, 1.54) is 12.1 Å². The van der Waals surface area contributed by atoms with Crippen LogP contribution >= 0.6 is 0 Å². The van der Waals surface area contributed by atoms with Crippen LogP contribution in [0, 0.1) is 5.92 Å². The third-order valence-electron chi connectivity index (χ3n) is 3.94. The van der Waals surface area contributed by atoms with Crippen LogP contribution < -0.4 is 10.6 Å². The van der Waals surface area contributed by atoms with Crippen molar-refractivity contribution >= 4 is 29.4 Å². The lowest BCUT2D eigenvalue weighted by Gasteiger charge is -2.12. The first kappa shape index (κ1) is 20.2. The minimum Gasteiger partial charge on any atom is -0.463 e. The van der Waals surface area contributed by atoms with Crippen molar-refractivity contribution in [3.05, 3.63) is 41.1 Å². The quantitative estimate of drug-likeness (QED) is 0.704. The van der Waals surface area contributed by atoms with Gasteiger partial charge in [-0.15, -0.1) is 0 Å². The van der Waals surface area contributed by atoms with Crippen molar-refractivity contribution in [2.24, 2.45) is 5.92 Å². The molecule has 0 spiro atoms. The summed E-state index contributed by atoms with van der Waals surface area (Å²) in [5.41, 5.74) is 1.41. The second-order valence-electron chi connectivity index (χ2n) is 5.85. The lowest BCUT2D eigenvalue weighted by Crippen LogP contribution is -2.27. The predicted octanol–water partition coefficient (Wildman–Crippen LogP) is 1.77. The molecule has 0 radical (unpaired) electrons. The third kappa shape index (κ3) is 4.93. The number of amides is 2. The molecule has 0 aliphatic carbocycles. The highest BCUT2D eigenvalue weighted by atomic mass is 16.5. The molecule has 1 aromatic rings. The average Bonchev–Trinajstić information content (AvgIpc) is 2.89.